The summed E-state index contributed by atoms with van der Waals surface area (Å²) in [6.07, 6.45) is 1.27. The van der Waals surface area contributed by atoms with Gasteiger partial charge in [-0.15, -0.1) is 9.60 Å². The minimum atomic E-state index is -0.250. The molecule has 1 unspecified atom stereocenters. The highest BCUT2D eigenvalue weighted by Gasteiger charge is 2.21. The summed E-state index contributed by atoms with van der Waals surface area (Å²) in [5.41, 5.74) is 8.55. The average Bonchev–Trinajstić information content (AvgIpc) is 2.83. The van der Waals surface area contributed by atoms with E-state index in [4.69, 9.17) is 10.5 Å². The summed E-state index contributed by atoms with van der Waals surface area (Å²) in [4.78, 5) is 4.14. The lowest BCUT2D eigenvalue weighted by Gasteiger charge is -2.16. The standard InChI is InChI=1S/C17H21FN6O/c1-10(2)11(3)25-15-6-12(8-21-17(15)20)16-13(9-23(4)18)22-24(5)14(16)7-19/h6,8,11H,1,9H2,2-5H3,(H2,20,21). The van der Waals surface area contributed by atoms with Gasteiger partial charge in [0, 0.05) is 31.4 Å². The van der Waals surface area contributed by atoms with Crippen molar-refractivity contribution in [2.45, 2.75) is 26.5 Å². The Bertz CT molecular complexity index is 836. The maximum atomic E-state index is 13.4. The summed E-state index contributed by atoms with van der Waals surface area (Å²) in [6, 6.07) is 3.78. The van der Waals surface area contributed by atoms with Crippen LogP contribution in [-0.2, 0) is 13.6 Å². The van der Waals surface area contributed by atoms with E-state index < -0.39 is 0 Å². The van der Waals surface area contributed by atoms with Crippen molar-refractivity contribution in [2.75, 3.05) is 12.8 Å². The van der Waals surface area contributed by atoms with Crippen molar-refractivity contribution < 1.29 is 9.22 Å². The molecule has 2 rings (SSSR count). The molecule has 0 aromatic carbocycles. The molecule has 25 heavy (non-hydrogen) atoms. The van der Waals surface area contributed by atoms with E-state index in [-0.39, 0.29) is 18.5 Å². The van der Waals surface area contributed by atoms with Crippen LogP contribution in [0.15, 0.2) is 24.4 Å². The van der Waals surface area contributed by atoms with Crippen molar-refractivity contribution in [3.05, 3.63) is 35.8 Å². The van der Waals surface area contributed by atoms with Crippen molar-refractivity contribution in [1.29, 1.82) is 5.26 Å². The first-order valence-corrected chi connectivity index (χ1v) is 7.65. The molecule has 0 bridgehead atoms. The van der Waals surface area contributed by atoms with Gasteiger partial charge >= 0.3 is 0 Å². The van der Waals surface area contributed by atoms with E-state index in [1.165, 1.54) is 17.9 Å². The van der Waals surface area contributed by atoms with Gasteiger partial charge in [-0.3, -0.25) is 4.68 Å². The van der Waals surface area contributed by atoms with Gasteiger partial charge in [-0.1, -0.05) is 6.58 Å². The fourth-order valence-corrected chi connectivity index (χ4v) is 2.31. The van der Waals surface area contributed by atoms with E-state index in [0.717, 1.165) is 5.57 Å². The number of aromatic nitrogens is 3. The molecule has 2 aromatic heterocycles. The minimum absolute atomic E-state index is 0.0619. The van der Waals surface area contributed by atoms with Crippen LogP contribution in [0, 0.1) is 11.3 Å². The molecule has 0 aliphatic carbocycles. The smallest absolute Gasteiger partial charge is 0.166 e. The second-order valence-corrected chi connectivity index (χ2v) is 5.88. The number of nitriles is 1. The number of ether oxygens (including phenoxy) is 1. The van der Waals surface area contributed by atoms with Gasteiger partial charge in [-0.2, -0.15) is 10.4 Å². The summed E-state index contributed by atoms with van der Waals surface area (Å²) in [7, 11) is 2.92. The number of rotatable bonds is 6. The van der Waals surface area contributed by atoms with Crippen LogP contribution >= 0.6 is 0 Å². The fourth-order valence-electron chi connectivity index (χ4n) is 2.31. The topological polar surface area (TPSA) is 93.0 Å². The maximum Gasteiger partial charge on any atom is 0.166 e. The molecule has 8 heteroatoms. The molecule has 1 atom stereocenters. The highest BCUT2D eigenvalue weighted by atomic mass is 19.2. The number of pyridine rings is 1. The third kappa shape index (κ3) is 3.95. The van der Waals surface area contributed by atoms with E-state index in [9.17, 15) is 9.74 Å². The highest BCUT2D eigenvalue weighted by molar-refractivity contribution is 5.73. The van der Waals surface area contributed by atoms with E-state index in [1.54, 1.807) is 13.1 Å². The van der Waals surface area contributed by atoms with Gasteiger partial charge in [0.2, 0.25) is 0 Å². The zero-order valence-electron chi connectivity index (χ0n) is 14.7. The molecule has 2 heterocycles. The van der Waals surface area contributed by atoms with E-state index in [0.29, 0.717) is 33.4 Å². The Morgan fingerprint density at radius 1 is 1.60 bits per heavy atom. The van der Waals surface area contributed by atoms with Crippen LogP contribution in [0.5, 0.6) is 5.75 Å². The first-order chi connectivity index (χ1) is 11.7. The van der Waals surface area contributed by atoms with E-state index in [1.807, 2.05) is 13.8 Å². The lowest BCUT2D eigenvalue weighted by Crippen LogP contribution is -2.14. The lowest BCUT2D eigenvalue weighted by atomic mass is 10.0. The van der Waals surface area contributed by atoms with Crippen LogP contribution in [0.2, 0.25) is 0 Å². The van der Waals surface area contributed by atoms with Gasteiger partial charge in [-0.05, 0) is 25.5 Å². The van der Waals surface area contributed by atoms with Gasteiger partial charge in [0.1, 0.15) is 17.9 Å². The SMILES string of the molecule is C=C(C)C(C)Oc1cc(-c2c(CN(C)F)nn(C)c2C#N)cnc1N. The Labute approximate surface area is 146 Å². The van der Waals surface area contributed by atoms with Crippen molar-refractivity contribution >= 4 is 5.82 Å². The quantitative estimate of drug-likeness (QED) is 0.639. The summed E-state index contributed by atoms with van der Waals surface area (Å²) in [5.74, 6) is 0.601. The lowest BCUT2D eigenvalue weighted by molar-refractivity contribution is 0.0491. The minimum Gasteiger partial charge on any atom is -0.483 e. The molecule has 0 aliphatic rings. The van der Waals surface area contributed by atoms with Gasteiger partial charge in [0.25, 0.3) is 0 Å². The molecule has 0 amide bonds. The first kappa shape index (κ1) is 18.4. The predicted molar refractivity (Wildman–Crippen MR) is 93.0 cm³/mol. The Hall–Kier alpha value is -2.92. The van der Waals surface area contributed by atoms with Gasteiger partial charge in [0.15, 0.2) is 11.6 Å². The van der Waals surface area contributed by atoms with Crippen molar-refractivity contribution in [1.82, 2.24) is 19.9 Å². The normalized spacial score (nSPS) is 12.0. The molecule has 0 aliphatic heterocycles. The molecule has 0 fully saturated rings. The summed E-state index contributed by atoms with van der Waals surface area (Å²) in [5, 5.41) is 14.2. The third-order valence-corrected chi connectivity index (χ3v) is 3.76. The Kier molecular flexibility index (Phi) is 5.39. The molecular weight excluding hydrogens is 323 g/mol. The molecule has 0 saturated heterocycles. The monoisotopic (exact) mass is 344 g/mol. The average molecular weight is 344 g/mol. The van der Waals surface area contributed by atoms with Crippen LogP contribution in [0.3, 0.4) is 0 Å². The first-order valence-electron chi connectivity index (χ1n) is 7.65. The second kappa shape index (κ2) is 7.32. The number of aryl methyl sites for hydroxylation is 1. The van der Waals surface area contributed by atoms with Crippen LogP contribution in [-0.4, -0.2) is 33.0 Å². The predicted octanol–water partition coefficient (Wildman–Crippen LogP) is 2.60. The van der Waals surface area contributed by atoms with Gasteiger partial charge < -0.3 is 10.5 Å². The molecule has 0 saturated carbocycles. The number of anilines is 1. The zero-order chi connectivity index (χ0) is 18.7. The second-order valence-electron chi connectivity index (χ2n) is 5.88. The fraction of sp³-hybridized carbons (Fsp3) is 0.353. The van der Waals surface area contributed by atoms with Crippen LogP contribution < -0.4 is 10.5 Å². The Morgan fingerprint density at radius 2 is 2.28 bits per heavy atom. The molecule has 2 aromatic rings. The number of halogens is 1. The Balaban J connectivity index is 2.55. The van der Waals surface area contributed by atoms with Crippen LogP contribution in [0.4, 0.5) is 10.3 Å². The van der Waals surface area contributed by atoms with Crippen LogP contribution in [0.25, 0.3) is 11.1 Å². The molecule has 7 nitrogen and oxygen atoms in total. The van der Waals surface area contributed by atoms with E-state index in [2.05, 4.69) is 22.7 Å². The van der Waals surface area contributed by atoms with Crippen molar-refractivity contribution in [2.24, 2.45) is 7.05 Å². The zero-order valence-corrected chi connectivity index (χ0v) is 14.7. The molecule has 0 spiro atoms. The van der Waals surface area contributed by atoms with Gasteiger partial charge in [-0.25, -0.2) is 4.98 Å². The van der Waals surface area contributed by atoms with Crippen molar-refractivity contribution in [3.8, 4) is 22.9 Å². The summed E-state index contributed by atoms with van der Waals surface area (Å²) in [6.45, 7) is 7.49. The molecule has 0 radical (unpaired) electrons. The molecule has 2 N–H and O–H groups in total. The van der Waals surface area contributed by atoms with Gasteiger partial charge in [0.05, 0.1) is 12.2 Å². The number of hydrogen-bond donors (Lipinski definition) is 1. The molecule has 132 valence electrons. The Morgan fingerprint density at radius 3 is 2.84 bits per heavy atom. The van der Waals surface area contributed by atoms with Crippen molar-refractivity contribution in [3.63, 3.8) is 0 Å². The van der Waals surface area contributed by atoms with Crippen LogP contribution in [0.1, 0.15) is 25.2 Å². The number of nitrogen functional groups attached to an aromatic ring is 1. The van der Waals surface area contributed by atoms with E-state index >= 15 is 0 Å². The third-order valence-electron chi connectivity index (χ3n) is 3.76. The summed E-state index contributed by atoms with van der Waals surface area (Å²) >= 11 is 0. The largest absolute Gasteiger partial charge is 0.483 e. The highest BCUT2D eigenvalue weighted by Crippen LogP contribution is 2.32. The number of hydrogen-bond acceptors (Lipinski definition) is 6. The number of nitrogens with two attached hydrogens (primary N) is 1. The maximum absolute atomic E-state index is 13.4. The number of nitrogens with zero attached hydrogens (tertiary/aromatic N) is 5. The summed E-state index contributed by atoms with van der Waals surface area (Å²) < 4.78 is 20.6. The molecular formula is C17H21FN6O.